The van der Waals surface area contributed by atoms with E-state index in [1.165, 1.54) is 18.2 Å². The molecule has 1 aliphatic rings. The Bertz CT molecular complexity index is 523. The highest BCUT2D eigenvalue weighted by Gasteiger charge is 2.18. The van der Waals surface area contributed by atoms with Crippen molar-refractivity contribution in [2.24, 2.45) is 0 Å². The highest BCUT2D eigenvalue weighted by atomic mass is 19.1. The number of piperazine rings is 1. The van der Waals surface area contributed by atoms with E-state index >= 15 is 0 Å². The first-order valence-electron chi connectivity index (χ1n) is 7.28. The van der Waals surface area contributed by atoms with E-state index in [9.17, 15) is 9.18 Å². The Morgan fingerprint density at radius 1 is 1.33 bits per heavy atom. The Kier molecular flexibility index (Phi) is 5.33. The molecule has 0 atom stereocenters. The summed E-state index contributed by atoms with van der Waals surface area (Å²) in [5.74, 6) is -1.38. The van der Waals surface area contributed by atoms with Gasteiger partial charge in [0.25, 0.3) is 0 Å². The molecule has 1 aromatic rings. The quantitative estimate of drug-likeness (QED) is 0.847. The molecule has 2 rings (SSSR count). The lowest BCUT2D eigenvalue weighted by molar-refractivity contribution is -0.131. The van der Waals surface area contributed by atoms with Crippen molar-refractivity contribution in [1.29, 1.82) is 0 Å². The molecule has 0 unspecified atom stereocenters. The van der Waals surface area contributed by atoms with Crippen LogP contribution in [0, 0.1) is 5.82 Å². The van der Waals surface area contributed by atoms with E-state index < -0.39 is 5.97 Å². The molecule has 0 radical (unpaired) electrons. The van der Waals surface area contributed by atoms with Gasteiger partial charge in [0.2, 0.25) is 0 Å². The molecule has 0 aliphatic carbocycles. The summed E-state index contributed by atoms with van der Waals surface area (Å²) in [5.41, 5.74) is 1.51. The van der Waals surface area contributed by atoms with E-state index in [-0.39, 0.29) is 5.82 Å². The van der Waals surface area contributed by atoms with Crippen molar-refractivity contribution in [3.05, 3.63) is 35.7 Å². The Hall–Kier alpha value is -1.88. The van der Waals surface area contributed by atoms with Crippen molar-refractivity contribution in [2.75, 3.05) is 37.6 Å². The van der Waals surface area contributed by atoms with Gasteiger partial charge in [-0.2, -0.15) is 0 Å². The predicted octanol–water partition coefficient (Wildman–Crippen LogP) is 2.46. The van der Waals surface area contributed by atoms with E-state index in [1.54, 1.807) is 6.07 Å². The van der Waals surface area contributed by atoms with Gasteiger partial charge in [0.15, 0.2) is 0 Å². The zero-order valence-corrected chi connectivity index (χ0v) is 12.3. The van der Waals surface area contributed by atoms with E-state index in [4.69, 9.17) is 5.11 Å². The van der Waals surface area contributed by atoms with Gasteiger partial charge in [0, 0.05) is 43.5 Å². The lowest BCUT2D eigenvalue weighted by Gasteiger charge is -2.36. The van der Waals surface area contributed by atoms with Crippen molar-refractivity contribution in [3.63, 3.8) is 0 Å². The van der Waals surface area contributed by atoms with Gasteiger partial charge in [-0.15, -0.1) is 0 Å². The first-order chi connectivity index (χ1) is 10.1. The molecule has 1 N–H and O–H groups in total. The molecule has 1 heterocycles. The summed E-state index contributed by atoms with van der Waals surface area (Å²) < 4.78 is 13.4. The number of rotatable bonds is 5. The van der Waals surface area contributed by atoms with Crippen LogP contribution in [0.4, 0.5) is 10.1 Å². The van der Waals surface area contributed by atoms with Crippen LogP contribution in [0.5, 0.6) is 0 Å². The largest absolute Gasteiger partial charge is 0.478 e. The van der Waals surface area contributed by atoms with Crippen molar-refractivity contribution in [1.82, 2.24) is 4.90 Å². The third-order valence-corrected chi connectivity index (χ3v) is 3.65. The fraction of sp³-hybridized carbons (Fsp3) is 0.438. The molecule has 5 heteroatoms. The summed E-state index contributed by atoms with van der Waals surface area (Å²) in [4.78, 5) is 15.3. The van der Waals surface area contributed by atoms with Crippen LogP contribution in [-0.2, 0) is 4.79 Å². The predicted molar refractivity (Wildman–Crippen MR) is 82.0 cm³/mol. The molecule has 0 aromatic heterocycles. The monoisotopic (exact) mass is 292 g/mol. The van der Waals surface area contributed by atoms with Crippen molar-refractivity contribution < 1.29 is 14.3 Å². The van der Waals surface area contributed by atoms with Gasteiger partial charge in [-0.05, 0) is 37.2 Å². The molecule has 4 nitrogen and oxygen atoms in total. The molecular weight excluding hydrogens is 271 g/mol. The summed E-state index contributed by atoms with van der Waals surface area (Å²) in [7, 11) is 0. The second-order valence-electron chi connectivity index (χ2n) is 5.20. The Morgan fingerprint density at radius 3 is 2.67 bits per heavy atom. The van der Waals surface area contributed by atoms with Gasteiger partial charge in [-0.1, -0.05) is 6.92 Å². The SMILES string of the molecule is CCCN1CCN(c2ccc(F)cc2/C=C/C(=O)O)CC1. The highest BCUT2D eigenvalue weighted by molar-refractivity contribution is 5.87. The van der Waals surface area contributed by atoms with Crippen molar-refractivity contribution in [3.8, 4) is 0 Å². The number of halogens is 1. The standard InChI is InChI=1S/C16H21FN2O2/c1-2-7-18-8-10-19(11-9-18)15-5-4-14(17)12-13(15)3-6-16(20)21/h3-6,12H,2,7-11H2,1H3,(H,20,21)/b6-3+. The average molecular weight is 292 g/mol. The zero-order chi connectivity index (χ0) is 15.2. The number of aliphatic carboxylic acids is 1. The molecule has 0 bridgehead atoms. The van der Waals surface area contributed by atoms with Gasteiger partial charge < -0.3 is 10.0 Å². The Balaban J connectivity index is 2.14. The summed E-state index contributed by atoms with van der Waals surface area (Å²) in [6.45, 7) is 6.98. The maximum atomic E-state index is 13.4. The minimum atomic E-state index is -1.03. The summed E-state index contributed by atoms with van der Waals surface area (Å²) in [6.07, 6.45) is 3.65. The fourth-order valence-corrected chi connectivity index (χ4v) is 2.64. The fourth-order valence-electron chi connectivity index (χ4n) is 2.64. The van der Waals surface area contributed by atoms with Crippen LogP contribution in [0.15, 0.2) is 24.3 Å². The molecule has 21 heavy (non-hydrogen) atoms. The van der Waals surface area contributed by atoms with E-state index in [1.807, 2.05) is 0 Å². The summed E-state index contributed by atoms with van der Waals surface area (Å²) in [5, 5.41) is 8.74. The number of hydrogen-bond donors (Lipinski definition) is 1. The molecular formula is C16H21FN2O2. The van der Waals surface area contributed by atoms with E-state index in [0.717, 1.165) is 50.9 Å². The third-order valence-electron chi connectivity index (χ3n) is 3.65. The van der Waals surface area contributed by atoms with E-state index in [0.29, 0.717) is 5.56 Å². The molecule has 0 saturated carbocycles. The lowest BCUT2D eigenvalue weighted by atomic mass is 10.1. The number of carboxylic acid groups (broad SMARTS) is 1. The Labute approximate surface area is 124 Å². The molecule has 0 amide bonds. The first-order valence-corrected chi connectivity index (χ1v) is 7.28. The minimum Gasteiger partial charge on any atom is -0.478 e. The molecule has 1 fully saturated rings. The van der Waals surface area contributed by atoms with Crippen LogP contribution >= 0.6 is 0 Å². The average Bonchev–Trinajstić information content (AvgIpc) is 2.46. The third kappa shape index (κ3) is 4.29. The number of nitrogens with zero attached hydrogens (tertiary/aromatic N) is 2. The highest BCUT2D eigenvalue weighted by Crippen LogP contribution is 2.24. The van der Waals surface area contributed by atoms with Crippen LogP contribution in [0.3, 0.4) is 0 Å². The number of anilines is 1. The Morgan fingerprint density at radius 2 is 2.05 bits per heavy atom. The smallest absolute Gasteiger partial charge is 0.328 e. The van der Waals surface area contributed by atoms with Crippen LogP contribution in [0.2, 0.25) is 0 Å². The van der Waals surface area contributed by atoms with Crippen molar-refractivity contribution in [2.45, 2.75) is 13.3 Å². The van der Waals surface area contributed by atoms with E-state index in [2.05, 4.69) is 16.7 Å². The number of hydrogen-bond acceptors (Lipinski definition) is 3. The maximum Gasteiger partial charge on any atom is 0.328 e. The van der Waals surface area contributed by atoms with Crippen LogP contribution in [0.1, 0.15) is 18.9 Å². The van der Waals surface area contributed by atoms with Gasteiger partial charge in [0.05, 0.1) is 0 Å². The normalized spacial score (nSPS) is 16.6. The zero-order valence-electron chi connectivity index (χ0n) is 12.3. The molecule has 1 aromatic carbocycles. The second-order valence-corrected chi connectivity index (χ2v) is 5.20. The van der Waals surface area contributed by atoms with Gasteiger partial charge >= 0.3 is 5.97 Å². The van der Waals surface area contributed by atoms with Gasteiger partial charge in [-0.3, -0.25) is 4.90 Å². The van der Waals surface area contributed by atoms with Crippen LogP contribution < -0.4 is 4.90 Å². The molecule has 114 valence electrons. The topological polar surface area (TPSA) is 43.8 Å². The lowest BCUT2D eigenvalue weighted by Crippen LogP contribution is -2.46. The maximum absolute atomic E-state index is 13.4. The summed E-state index contributed by atoms with van der Waals surface area (Å²) in [6, 6.07) is 4.53. The van der Waals surface area contributed by atoms with Crippen molar-refractivity contribution >= 4 is 17.7 Å². The molecule has 1 aliphatic heterocycles. The number of benzene rings is 1. The molecule has 0 spiro atoms. The molecule has 1 saturated heterocycles. The summed E-state index contributed by atoms with van der Waals surface area (Å²) >= 11 is 0. The minimum absolute atomic E-state index is 0.353. The first kappa shape index (κ1) is 15.5. The van der Waals surface area contributed by atoms with Gasteiger partial charge in [0.1, 0.15) is 5.82 Å². The van der Waals surface area contributed by atoms with Crippen LogP contribution in [0.25, 0.3) is 6.08 Å². The second kappa shape index (κ2) is 7.22. The van der Waals surface area contributed by atoms with Gasteiger partial charge in [-0.25, -0.2) is 9.18 Å². The van der Waals surface area contributed by atoms with Crippen LogP contribution in [-0.4, -0.2) is 48.7 Å². The number of carbonyl (C=O) groups is 1. The number of carboxylic acids is 1.